The van der Waals surface area contributed by atoms with Gasteiger partial charge >= 0.3 is 0 Å². The molecule has 0 aromatic rings. The van der Waals surface area contributed by atoms with E-state index in [2.05, 4.69) is 13.0 Å². The minimum absolute atomic E-state index is 1.05. The summed E-state index contributed by atoms with van der Waals surface area (Å²) >= 11 is 0. The van der Waals surface area contributed by atoms with E-state index in [0.29, 0.717) is 0 Å². The summed E-state index contributed by atoms with van der Waals surface area (Å²) in [7, 11) is 0. The first-order valence-electron chi connectivity index (χ1n) is 7.02. The highest BCUT2D eigenvalue weighted by Gasteiger charge is 2.24. The van der Waals surface area contributed by atoms with Gasteiger partial charge in [-0.1, -0.05) is 57.6 Å². The Morgan fingerprint density at radius 1 is 0.933 bits per heavy atom. The average Bonchev–Trinajstić information content (AvgIpc) is 2.34. The molecule has 2 aliphatic carbocycles. The molecule has 2 aliphatic rings. The molecule has 0 nitrogen and oxygen atoms in total. The Morgan fingerprint density at radius 2 is 1.60 bits per heavy atom. The zero-order valence-corrected chi connectivity index (χ0v) is 10.9. The van der Waals surface area contributed by atoms with Gasteiger partial charge in [-0.15, -0.1) is 0 Å². The number of hydrogen-bond acceptors (Lipinski definition) is 0. The molecular weight excluding hydrogens is 180 g/mol. The van der Waals surface area contributed by atoms with Gasteiger partial charge in [0.1, 0.15) is 0 Å². The summed E-state index contributed by atoms with van der Waals surface area (Å²) in [4.78, 5) is 0. The Balaban J connectivity index is 0.000000531. The third-order valence-electron chi connectivity index (χ3n) is 4.00. The van der Waals surface area contributed by atoms with Crippen LogP contribution in [0.5, 0.6) is 0 Å². The van der Waals surface area contributed by atoms with E-state index in [-0.39, 0.29) is 0 Å². The fraction of sp³-hybridized carbons (Fsp3) is 0.867. The van der Waals surface area contributed by atoms with E-state index in [1.165, 1.54) is 51.4 Å². The molecule has 0 saturated heterocycles. The Labute approximate surface area is 96.2 Å². The molecule has 1 fully saturated rings. The second-order valence-electron chi connectivity index (χ2n) is 4.98. The maximum absolute atomic E-state index is 2.49. The first-order chi connectivity index (χ1) is 7.36. The molecule has 0 N–H and O–H groups in total. The fourth-order valence-corrected chi connectivity index (χ4v) is 3.02. The van der Waals surface area contributed by atoms with Crippen LogP contribution in [0.15, 0.2) is 11.6 Å². The van der Waals surface area contributed by atoms with E-state index in [1.54, 1.807) is 5.57 Å². The maximum Gasteiger partial charge on any atom is -0.0317 e. The third-order valence-corrected chi connectivity index (χ3v) is 4.00. The van der Waals surface area contributed by atoms with Crippen LogP contribution in [0.1, 0.15) is 72.1 Å². The highest BCUT2D eigenvalue weighted by atomic mass is 14.3. The van der Waals surface area contributed by atoms with E-state index < -0.39 is 0 Å². The van der Waals surface area contributed by atoms with Crippen LogP contribution in [0.4, 0.5) is 0 Å². The molecule has 1 saturated carbocycles. The van der Waals surface area contributed by atoms with Gasteiger partial charge in [0.15, 0.2) is 0 Å². The molecule has 0 bridgehead atoms. The molecule has 88 valence electrons. The van der Waals surface area contributed by atoms with Crippen molar-refractivity contribution in [2.45, 2.75) is 72.1 Å². The average molecular weight is 208 g/mol. The van der Waals surface area contributed by atoms with Crippen LogP contribution in [-0.4, -0.2) is 0 Å². The lowest BCUT2D eigenvalue weighted by atomic mass is 9.74. The monoisotopic (exact) mass is 208 g/mol. The summed E-state index contributed by atoms with van der Waals surface area (Å²) in [6, 6.07) is 0. The Hall–Kier alpha value is -0.260. The van der Waals surface area contributed by atoms with Crippen LogP contribution in [-0.2, 0) is 0 Å². The molecule has 0 heterocycles. The quantitative estimate of drug-likeness (QED) is 0.510. The van der Waals surface area contributed by atoms with Crippen LogP contribution in [0.2, 0.25) is 0 Å². The second-order valence-corrected chi connectivity index (χ2v) is 4.98. The smallest absolute Gasteiger partial charge is 0.0317 e. The standard InChI is InChI=1S/C13H22.C2H6/c1-11-7-9-13(10-8-11)12-5-3-2-4-6-12;1-2/h7,12-13H,2-6,8-10H2,1H3;1-2H3. The van der Waals surface area contributed by atoms with Crippen LogP contribution < -0.4 is 0 Å². The van der Waals surface area contributed by atoms with Gasteiger partial charge in [-0.3, -0.25) is 0 Å². The molecule has 2 rings (SSSR count). The molecular formula is C15H28. The molecule has 0 aromatic carbocycles. The van der Waals surface area contributed by atoms with Crippen molar-refractivity contribution in [2.24, 2.45) is 11.8 Å². The van der Waals surface area contributed by atoms with E-state index >= 15 is 0 Å². The van der Waals surface area contributed by atoms with Crippen LogP contribution >= 0.6 is 0 Å². The lowest BCUT2D eigenvalue weighted by Gasteiger charge is -2.32. The van der Waals surface area contributed by atoms with Gasteiger partial charge in [0, 0.05) is 0 Å². The summed E-state index contributed by atoms with van der Waals surface area (Å²) in [6.45, 7) is 6.29. The van der Waals surface area contributed by atoms with E-state index in [4.69, 9.17) is 0 Å². The molecule has 15 heavy (non-hydrogen) atoms. The molecule has 0 heteroatoms. The molecule has 1 unspecified atom stereocenters. The van der Waals surface area contributed by atoms with Crippen LogP contribution in [0, 0.1) is 11.8 Å². The van der Waals surface area contributed by atoms with Crippen molar-refractivity contribution in [1.82, 2.24) is 0 Å². The highest BCUT2D eigenvalue weighted by molar-refractivity contribution is 5.03. The van der Waals surface area contributed by atoms with E-state index in [0.717, 1.165) is 11.8 Å². The molecule has 0 aliphatic heterocycles. The van der Waals surface area contributed by atoms with Crippen molar-refractivity contribution in [1.29, 1.82) is 0 Å². The van der Waals surface area contributed by atoms with Crippen molar-refractivity contribution in [3.63, 3.8) is 0 Å². The predicted molar refractivity (Wildman–Crippen MR) is 69.0 cm³/mol. The summed E-state index contributed by atoms with van der Waals surface area (Å²) < 4.78 is 0. The SMILES string of the molecule is CC.CC1=CCC(C2CCCCC2)CC1. The first kappa shape index (κ1) is 12.8. The molecule has 0 aromatic heterocycles. The Bertz CT molecular complexity index is 184. The number of hydrogen-bond donors (Lipinski definition) is 0. The van der Waals surface area contributed by atoms with Crippen molar-refractivity contribution >= 4 is 0 Å². The summed E-state index contributed by atoms with van der Waals surface area (Å²) in [5.74, 6) is 2.13. The van der Waals surface area contributed by atoms with Gasteiger partial charge in [0.05, 0.1) is 0 Å². The highest BCUT2D eigenvalue weighted by Crippen LogP contribution is 2.37. The molecule has 0 radical (unpaired) electrons. The lowest BCUT2D eigenvalue weighted by molar-refractivity contribution is 0.232. The predicted octanol–water partition coefficient (Wildman–Crippen LogP) is 5.34. The van der Waals surface area contributed by atoms with Gasteiger partial charge in [0.2, 0.25) is 0 Å². The van der Waals surface area contributed by atoms with Gasteiger partial charge in [-0.2, -0.15) is 0 Å². The van der Waals surface area contributed by atoms with Crippen LogP contribution in [0.3, 0.4) is 0 Å². The van der Waals surface area contributed by atoms with Gasteiger partial charge in [0.25, 0.3) is 0 Å². The molecule has 1 atom stereocenters. The third kappa shape index (κ3) is 4.01. The summed E-state index contributed by atoms with van der Waals surface area (Å²) in [5, 5.41) is 0. The van der Waals surface area contributed by atoms with E-state index in [9.17, 15) is 0 Å². The zero-order chi connectivity index (χ0) is 11.1. The summed E-state index contributed by atoms with van der Waals surface area (Å²) in [5.41, 5.74) is 1.63. The fourth-order valence-electron chi connectivity index (χ4n) is 3.02. The Morgan fingerprint density at radius 3 is 2.13 bits per heavy atom. The lowest BCUT2D eigenvalue weighted by Crippen LogP contribution is -2.19. The summed E-state index contributed by atoms with van der Waals surface area (Å²) in [6.07, 6.45) is 14.3. The molecule has 0 amide bonds. The second kappa shape index (κ2) is 7.09. The van der Waals surface area contributed by atoms with Crippen LogP contribution in [0.25, 0.3) is 0 Å². The van der Waals surface area contributed by atoms with Gasteiger partial charge < -0.3 is 0 Å². The largest absolute Gasteiger partial charge is 0.0853 e. The van der Waals surface area contributed by atoms with Crippen molar-refractivity contribution in [3.8, 4) is 0 Å². The zero-order valence-electron chi connectivity index (χ0n) is 10.9. The molecule has 0 spiro atoms. The Kier molecular flexibility index (Phi) is 6.05. The first-order valence-corrected chi connectivity index (χ1v) is 7.02. The minimum atomic E-state index is 1.05. The van der Waals surface area contributed by atoms with Crippen molar-refractivity contribution in [2.75, 3.05) is 0 Å². The number of rotatable bonds is 1. The minimum Gasteiger partial charge on any atom is -0.0853 e. The van der Waals surface area contributed by atoms with Gasteiger partial charge in [-0.05, 0) is 38.0 Å². The van der Waals surface area contributed by atoms with E-state index in [1.807, 2.05) is 13.8 Å². The maximum atomic E-state index is 2.49. The van der Waals surface area contributed by atoms with Gasteiger partial charge in [-0.25, -0.2) is 0 Å². The van der Waals surface area contributed by atoms with Crippen molar-refractivity contribution in [3.05, 3.63) is 11.6 Å². The number of allylic oxidation sites excluding steroid dienone is 2. The van der Waals surface area contributed by atoms with Crippen molar-refractivity contribution < 1.29 is 0 Å². The normalized spacial score (nSPS) is 27.7. The topological polar surface area (TPSA) is 0 Å².